The lowest BCUT2D eigenvalue weighted by atomic mass is 10.1. The van der Waals surface area contributed by atoms with Crippen LogP contribution in [-0.2, 0) is 10.0 Å². The zero-order chi connectivity index (χ0) is 20.2. The summed E-state index contributed by atoms with van der Waals surface area (Å²) < 4.78 is 35.5. The van der Waals surface area contributed by atoms with Crippen molar-refractivity contribution in [3.05, 3.63) is 52.5 Å². The fraction of sp³-hybridized carbons (Fsp3) is 0.278. The summed E-state index contributed by atoms with van der Waals surface area (Å²) in [6.45, 7) is 1.81. The van der Waals surface area contributed by atoms with E-state index < -0.39 is 15.9 Å². The number of halogens is 1. The second-order valence-corrected chi connectivity index (χ2v) is 8.03. The molecule has 7 nitrogen and oxygen atoms in total. The van der Waals surface area contributed by atoms with Crippen molar-refractivity contribution < 1.29 is 22.7 Å². The molecule has 2 aromatic carbocycles. The van der Waals surface area contributed by atoms with Gasteiger partial charge in [0.25, 0.3) is 5.91 Å². The Bertz CT molecular complexity index is 947. The first kappa shape index (κ1) is 20.9. The highest BCUT2D eigenvalue weighted by Gasteiger charge is 2.17. The van der Waals surface area contributed by atoms with Crippen LogP contribution < -0.4 is 19.5 Å². The molecular formula is C18H21ClN2O5S. The number of hydrogen-bond donors (Lipinski definition) is 2. The first-order chi connectivity index (χ1) is 12.6. The Kier molecular flexibility index (Phi) is 6.56. The van der Waals surface area contributed by atoms with Crippen molar-refractivity contribution in [3.63, 3.8) is 0 Å². The van der Waals surface area contributed by atoms with Gasteiger partial charge in [0.15, 0.2) is 11.5 Å². The number of benzene rings is 2. The van der Waals surface area contributed by atoms with E-state index in [1.54, 1.807) is 19.2 Å². The van der Waals surface area contributed by atoms with Gasteiger partial charge < -0.3 is 14.8 Å². The molecule has 2 aromatic rings. The average molecular weight is 413 g/mol. The Labute approximate surface area is 163 Å². The van der Waals surface area contributed by atoms with Gasteiger partial charge in [-0.3, -0.25) is 9.52 Å². The standard InChI is InChI=1S/C18H21ClN2O5S/c1-11(12-5-8-16(25-2)17(9-12)26-3)20-18(22)14-10-13(6-7-15(14)19)21-27(4,23)24/h5-11,21H,1-4H3,(H,20,22)/t11-/m0/s1. The van der Waals surface area contributed by atoms with Crippen molar-refractivity contribution in [2.24, 2.45) is 0 Å². The topological polar surface area (TPSA) is 93.7 Å². The normalized spacial score (nSPS) is 12.2. The van der Waals surface area contributed by atoms with E-state index in [-0.39, 0.29) is 22.3 Å². The molecule has 1 atom stereocenters. The minimum Gasteiger partial charge on any atom is -0.493 e. The van der Waals surface area contributed by atoms with Crippen molar-refractivity contribution in [2.45, 2.75) is 13.0 Å². The van der Waals surface area contributed by atoms with Crippen LogP contribution in [0.4, 0.5) is 5.69 Å². The number of anilines is 1. The van der Waals surface area contributed by atoms with E-state index >= 15 is 0 Å². The Morgan fingerprint density at radius 1 is 1.07 bits per heavy atom. The van der Waals surface area contributed by atoms with Crippen LogP contribution in [-0.4, -0.2) is 34.8 Å². The number of hydrogen-bond acceptors (Lipinski definition) is 5. The quantitative estimate of drug-likeness (QED) is 0.728. The number of nitrogens with one attached hydrogen (secondary N) is 2. The zero-order valence-electron chi connectivity index (χ0n) is 15.4. The number of carbonyl (C=O) groups is 1. The van der Waals surface area contributed by atoms with Crippen LogP contribution in [0.2, 0.25) is 5.02 Å². The Balaban J connectivity index is 2.22. The first-order valence-corrected chi connectivity index (χ1v) is 10.2. The van der Waals surface area contributed by atoms with Crippen LogP contribution in [0.5, 0.6) is 11.5 Å². The largest absolute Gasteiger partial charge is 0.493 e. The third-order valence-electron chi connectivity index (χ3n) is 3.77. The molecule has 2 rings (SSSR count). The molecule has 0 unspecified atom stereocenters. The van der Waals surface area contributed by atoms with Crippen LogP contribution in [0.15, 0.2) is 36.4 Å². The van der Waals surface area contributed by atoms with E-state index in [9.17, 15) is 13.2 Å². The molecule has 0 aliphatic carbocycles. The van der Waals surface area contributed by atoms with Gasteiger partial charge in [0.2, 0.25) is 10.0 Å². The maximum absolute atomic E-state index is 12.6. The summed E-state index contributed by atoms with van der Waals surface area (Å²) in [5.41, 5.74) is 1.23. The molecule has 146 valence electrons. The maximum atomic E-state index is 12.6. The fourth-order valence-corrected chi connectivity index (χ4v) is 3.22. The molecule has 0 aliphatic rings. The van der Waals surface area contributed by atoms with E-state index in [0.717, 1.165) is 11.8 Å². The van der Waals surface area contributed by atoms with Gasteiger partial charge in [-0.1, -0.05) is 17.7 Å². The summed E-state index contributed by atoms with van der Waals surface area (Å²) in [5.74, 6) is 0.704. The number of carbonyl (C=O) groups excluding carboxylic acids is 1. The second kappa shape index (κ2) is 8.49. The molecule has 0 saturated heterocycles. The number of methoxy groups -OCH3 is 2. The fourth-order valence-electron chi connectivity index (χ4n) is 2.46. The SMILES string of the molecule is COc1ccc([C@H](C)NC(=O)c2cc(NS(C)(=O)=O)ccc2Cl)cc1OC. The monoisotopic (exact) mass is 412 g/mol. The van der Waals surface area contributed by atoms with Crippen LogP contribution in [0, 0.1) is 0 Å². The Morgan fingerprint density at radius 2 is 1.74 bits per heavy atom. The number of sulfonamides is 1. The molecule has 0 saturated carbocycles. The van der Waals surface area contributed by atoms with E-state index in [4.69, 9.17) is 21.1 Å². The summed E-state index contributed by atoms with van der Waals surface area (Å²) in [6, 6.07) is 9.33. The number of ether oxygens (including phenoxy) is 2. The predicted octanol–water partition coefficient (Wildman–Crippen LogP) is 3.22. The molecule has 0 aliphatic heterocycles. The lowest BCUT2D eigenvalue weighted by molar-refractivity contribution is 0.0940. The minimum atomic E-state index is -3.46. The van der Waals surface area contributed by atoms with Crippen molar-refractivity contribution >= 4 is 33.2 Å². The van der Waals surface area contributed by atoms with Gasteiger partial charge in [-0.05, 0) is 42.8 Å². The lowest BCUT2D eigenvalue weighted by Crippen LogP contribution is -2.27. The van der Waals surface area contributed by atoms with Gasteiger partial charge in [0, 0.05) is 5.69 Å². The smallest absolute Gasteiger partial charge is 0.253 e. The molecule has 0 heterocycles. The van der Waals surface area contributed by atoms with Gasteiger partial charge in [0.05, 0.1) is 37.1 Å². The molecule has 1 amide bonds. The third kappa shape index (κ3) is 5.51. The zero-order valence-corrected chi connectivity index (χ0v) is 16.9. The highest BCUT2D eigenvalue weighted by Crippen LogP contribution is 2.30. The maximum Gasteiger partial charge on any atom is 0.253 e. The molecule has 0 radical (unpaired) electrons. The molecule has 27 heavy (non-hydrogen) atoms. The number of amides is 1. The molecular weight excluding hydrogens is 392 g/mol. The van der Waals surface area contributed by atoms with Crippen LogP contribution in [0.1, 0.15) is 28.9 Å². The Hall–Kier alpha value is -2.45. The number of rotatable bonds is 7. The second-order valence-electron chi connectivity index (χ2n) is 5.88. The minimum absolute atomic E-state index is 0.164. The third-order valence-corrected chi connectivity index (χ3v) is 4.71. The van der Waals surface area contributed by atoms with Gasteiger partial charge >= 0.3 is 0 Å². The van der Waals surface area contributed by atoms with Gasteiger partial charge in [-0.25, -0.2) is 8.42 Å². The predicted molar refractivity (Wildman–Crippen MR) is 105 cm³/mol. The molecule has 0 fully saturated rings. The summed E-state index contributed by atoms with van der Waals surface area (Å²) in [7, 11) is -0.387. The van der Waals surface area contributed by atoms with Crippen LogP contribution >= 0.6 is 11.6 Å². The molecule has 0 spiro atoms. The van der Waals surface area contributed by atoms with Crippen molar-refractivity contribution in [3.8, 4) is 11.5 Å². The van der Waals surface area contributed by atoms with E-state index in [2.05, 4.69) is 10.0 Å². The summed E-state index contributed by atoms with van der Waals surface area (Å²) in [5, 5.41) is 3.05. The molecule has 9 heteroatoms. The molecule has 2 N–H and O–H groups in total. The van der Waals surface area contributed by atoms with Gasteiger partial charge in [0.1, 0.15) is 0 Å². The summed E-state index contributed by atoms with van der Waals surface area (Å²) in [6.07, 6.45) is 1.03. The average Bonchev–Trinajstić information content (AvgIpc) is 2.61. The Morgan fingerprint density at radius 3 is 2.33 bits per heavy atom. The first-order valence-electron chi connectivity index (χ1n) is 7.94. The van der Waals surface area contributed by atoms with Gasteiger partial charge in [-0.2, -0.15) is 0 Å². The lowest BCUT2D eigenvalue weighted by Gasteiger charge is -2.17. The van der Waals surface area contributed by atoms with Crippen LogP contribution in [0.3, 0.4) is 0 Å². The van der Waals surface area contributed by atoms with Crippen molar-refractivity contribution in [2.75, 3.05) is 25.2 Å². The summed E-state index contributed by atoms with van der Waals surface area (Å²) >= 11 is 6.10. The van der Waals surface area contributed by atoms with E-state index in [1.165, 1.54) is 25.3 Å². The van der Waals surface area contributed by atoms with Crippen molar-refractivity contribution in [1.82, 2.24) is 5.32 Å². The highest BCUT2D eigenvalue weighted by atomic mass is 35.5. The highest BCUT2D eigenvalue weighted by molar-refractivity contribution is 7.92. The van der Waals surface area contributed by atoms with Gasteiger partial charge in [-0.15, -0.1) is 0 Å². The van der Waals surface area contributed by atoms with Crippen LogP contribution in [0.25, 0.3) is 0 Å². The van der Waals surface area contributed by atoms with E-state index in [0.29, 0.717) is 11.5 Å². The summed E-state index contributed by atoms with van der Waals surface area (Å²) in [4.78, 5) is 12.6. The molecule has 0 bridgehead atoms. The molecule has 0 aromatic heterocycles. The van der Waals surface area contributed by atoms with Crippen molar-refractivity contribution in [1.29, 1.82) is 0 Å². The van der Waals surface area contributed by atoms with E-state index in [1.807, 2.05) is 13.0 Å².